The molecular weight excluding hydrogens is 358 g/mol. The van der Waals surface area contributed by atoms with Gasteiger partial charge in [0.15, 0.2) is 0 Å². The molecule has 1 N–H and O–H groups in total. The lowest BCUT2D eigenvalue weighted by Crippen LogP contribution is -2.16. The topological polar surface area (TPSA) is 64.7 Å². The molecule has 1 aromatic carbocycles. The van der Waals surface area contributed by atoms with E-state index in [4.69, 9.17) is 0 Å². The second-order valence-electron chi connectivity index (χ2n) is 5.23. The van der Waals surface area contributed by atoms with Crippen LogP contribution in [-0.4, -0.2) is 25.5 Å². The van der Waals surface area contributed by atoms with Gasteiger partial charge in [0.2, 0.25) is 0 Å². The average Bonchev–Trinajstić information content (AvgIpc) is 3.08. The second kappa shape index (κ2) is 6.37. The zero-order valence-electron chi connectivity index (χ0n) is 12.8. The van der Waals surface area contributed by atoms with E-state index in [0.717, 1.165) is 16.9 Å². The largest absolute Gasteiger partial charge is 0.321 e. The van der Waals surface area contributed by atoms with E-state index in [2.05, 4.69) is 31.4 Å². The molecule has 0 atom stereocenters. The van der Waals surface area contributed by atoms with Gasteiger partial charge in [0.1, 0.15) is 5.69 Å². The van der Waals surface area contributed by atoms with Crippen molar-refractivity contribution in [3.05, 3.63) is 64.1 Å². The molecule has 0 aliphatic carbocycles. The Morgan fingerprint density at radius 1 is 1.35 bits per heavy atom. The predicted octanol–water partition coefficient (Wildman–Crippen LogP) is 2.99. The number of nitrogens with zero attached hydrogens (tertiary/aromatic N) is 4. The first-order valence-electron chi connectivity index (χ1n) is 7.11. The van der Waals surface area contributed by atoms with Gasteiger partial charge in [0, 0.05) is 25.1 Å². The van der Waals surface area contributed by atoms with Crippen LogP contribution in [0.4, 0.5) is 5.69 Å². The summed E-state index contributed by atoms with van der Waals surface area (Å²) in [5.41, 5.74) is 3.09. The second-order valence-corrected chi connectivity index (χ2v) is 6.02. The highest BCUT2D eigenvalue weighted by molar-refractivity contribution is 9.10. The summed E-state index contributed by atoms with van der Waals surface area (Å²) < 4.78 is 4.12. The van der Waals surface area contributed by atoms with Gasteiger partial charge in [0.25, 0.3) is 5.91 Å². The number of halogens is 1. The molecule has 118 valence electrons. The number of nitrogens with one attached hydrogen (secondary N) is 1. The quantitative estimate of drug-likeness (QED) is 0.764. The normalized spacial score (nSPS) is 10.7. The van der Waals surface area contributed by atoms with E-state index in [9.17, 15) is 4.79 Å². The van der Waals surface area contributed by atoms with E-state index in [1.165, 1.54) is 0 Å². The van der Waals surface area contributed by atoms with Gasteiger partial charge in [-0.25, -0.2) is 0 Å². The third-order valence-electron chi connectivity index (χ3n) is 3.45. The van der Waals surface area contributed by atoms with Gasteiger partial charge in [-0.15, -0.1) is 0 Å². The number of amides is 1. The molecule has 0 aliphatic heterocycles. The van der Waals surface area contributed by atoms with Crippen molar-refractivity contribution in [1.82, 2.24) is 19.6 Å². The molecule has 0 saturated carbocycles. The van der Waals surface area contributed by atoms with Crippen LogP contribution in [0.5, 0.6) is 0 Å². The zero-order chi connectivity index (χ0) is 16.4. The summed E-state index contributed by atoms with van der Waals surface area (Å²) in [7, 11) is 1.75. The number of anilines is 1. The van der Waals surface area contributed by atoms with Crippen LogP contribution < -0.4 is 5.32 Å². The smallest absolute Gasteiger partial charge is 0.275 e. The van der Waals surface area contributed by atoms with Crippen molar-refractivity contribution >= 4 is 27.5 Å². The molecule has 0 aliphatic rings. The Morgan fingerprint density at radius 2 is 2.17 bits per heavy atom. The summed E-state index contributed by atoms with van der Waals surface area (Å²) in [6, 6.07) is 9.60. The molecule has 0 unspecified atom stereocenters. The van der Waals surface area contributed by atoms with Gasteiger partial charge in [-0.05, 0) is 46.6 Å². The van der Waals surface area contributed by atoms with Crippen LogP contribution in [0.1, 0.15) is 21.7 Å². The Morgan fingerprint density at radius 3 is 2.83 bits per heavy atom. The molecule has 0 fully saturated rings. The van der Waals surface area contributed by atoms with E-state index in [0.29, 0.717) is 16.7 Å². The van der Waals surface area contributed by atoms with Crippen molar-refractivity contribution in [3.63, 3.8) is 0 Å². The first-order chi connectivity index (χ1) is 11.0. The van der Waals surface area contributed by atoms with Crippen LogP contribution in [0.2, 0.25) is 0 Å². The van der Waals surface area contributed by atoms with Crippen molar-refractivity contribution in [2.24, 2.45) is 7.05 Å². The summed E-state index contributed by atoms with van der Waals surface area (Å²) in [5.74, 6) is -0.198. The third-order valence-corrected chi connectivity index (χ3v) is 4.40. The number of benzene rings is 1. The fourth-order valence-corrected chi connectivity index (χ4v) is 2.91. The lowest BCUT2D eigenvalue weighted by Gasteiger charge is -2.08. The van der Waals surface area contributed by atoms with E-state index in [-0.39, 0.29) is 5.91 Å². The highest BCUT2D eigenvalue weighted by Crippen LogP contribution is 2.21. The van der Waals surface area contributed by atoms with Gasteiger partial charge < -0.3 is 5.32 Å². The SMILES string of the molecule is Cc1nn(C)c(C(=O)Nc2cccc(Cn3cccn3)c2)c1Br. The van der Waals surface area contributed by atoms with Crippen molar-refractivity contribution < 1.29 is 4.79 Å². The van der Waals surface area contributed by atoms with E-state index in [1.807, 2.05) is 48.1 Å². The van der Waals surface area contributed by atoms with E-state index < -0.39 is 0 Å². The number of hydrogen-bond donors (Lipinski definition) is 1. The summed E-state index contributed by atoms with van der Waals surface area (Å²) in [4.78, 5) is 12.5. The Labute approximate surface area is 142 Å². The van der Waals surface area contributed by atoms with Crippen molar-refractivity contribution in [2.45, 2.75) is 13.5 Å². The van der Waals surface area contributed by atoms with E-state index >= 15 is 0 Å². The lowest BCUT2D eigenvalue weighted by molar-refractivity contribution is 0.101. The van der Waals surface area contributed by atoms with Gasteiger partial charge in [-0.2, -0.15) is 10.2 Å². The van der Waals surface area contributed by atoms with Gasteiger partial charge in [0.05, 0.1) is 16.7 Å². The number of carbonyl (C=O) groups excluding carboxylic acids is 1. The molecule has 1 amide bonds. The van der Waals surface area contributed by atoms with Crippen LogP contribution in [0, 0.1) is 6.92 Å². The summed E-state index contributed by atoms with van der Waals surface area (Å²) >= 11 is 3.41. The Balaban J connectivity index is 1.78. The number of aromatic nitrogens is 4. The fourth-order valence-electron chi connectivity index (χ4n) is 2.40. The molecule has 0 radical (unpaired) electrons. The predicted molar refractivity (Wildman–Crippen MR) is 91.4 cm³/mol. The molecule has 2 aromatic heterocycles. The summed E-state index contributed by atoms with van der Waals surface area (Å²) in [6.45, 7) is 2.51. The fraction of sp³-hybridized carbons (Fsp3) is 0.188. The van der Waals surface area contributed by atoms with Crippen LogP contribution in [0.25, 0.3) is 0 Å². The molecule has 7 heteroatoms. The Bertz CT molecular complexity index is 838. The van der Waals surface area contributed by atoms with Gasteiger partial charge in [-0.1, -0.05) is 12.1 Å². The van der Waals surface area contributed by atoms with Gasteiger partial charge >= 0.3 is 0 Å². The van der Waals surface area contributed by atoms with Crippen LogP contribution in [0.3, 0.4) is 0 Å². The number of aryl methyl sites for hydroxylation is 2. The standard InChI is InChI=1S/C16H16BrN5O/c1-11-14(17)15(21(2)20-11)16(23)19-13-6-3-5-12(9-13)10-22-8-4-7-18-22/h3-9H,10H2,1-2H3,(H,19,23). The molecule has 3 aromatic rings. The van der Waals surface area contributed by atoms with E-state index in [1.54, 1.807) is 17.9 Å². The minimum absolute atomic E-state index is 0.198. The third kappa shape index (κ3) is 3.34. The summed E-state index contributed by atoms with van der Waals surface area (Å²) in [5, 5.41) is 11.3. The highest BCUT2D eigenvalue weighted by Gasteiger charge is 2.18. The van der Waals surface area contributed by atoms with Crippen molar-refractivity contribution in [1.29, 1.82) is 0 Å². The maximum Gasteiger partial charge on any atom is 0.275 e. The van der Waals surface area contributed by atoms with Crippen LogP contribution in [0.15, 0.2) is 47.2 Å². The van der Waals surface area contributed by atoms with Gasteiger partial charge in [-0.3, -0.25) is 14.2 Å². The molecule has 2 heterocycles. The Kier molecular flexibility index (Phi) is 4.29. The first-order valence-corrected chi connectivity index (χ1v) is 7.90. The molecular formula is C16H16BrN5O. The van der Waals surface area contributed by atoms with Crippen molar-refractivity contribution in [3.8, 4) is 0 Å². The lowest BCUT2D eigenvalue weighted by atomic mass is 10.2. The molecule has 0 saturated heterocycles. The zero-order valence-corrected chi connectivity index (χ0v) is 14.4. The maximum absolute atomic E-state index is 12.5. The molecule has 0 bridgehead atoms. The molecule has 23 heavy (non-hydrogen) atoms. The van der Waals surface area contributed by atoms with Crippen LogP contribution in [-0.2, 0) is 13.6 Å². The molecule has 3 rings (SSSR count). The number of rotatable bonds is 4. The highest BCUT2D eigenvalue weighted by atomic mass is 79.9. The number of carbonyl (C=O) groups is 1. The van der Waals surface area contributed by atoms with Crippen molar-refractivity contribution in [2.75, 3.05) is 5.32 Å². The first kappa shape index (κ1) is 15.5. The average molecular weight is 374 g/mol. The maximum atomic E-state index is 12.5. The summed E-state index contributed by atoms with van der Waals surface area (Å²) in [6.07, 6.45) is 3.65. The minimum Gasteiger partial charge on any atom is -0.321 e. The number of hydrogen-bond acceptors (Lipinski definition) is 3. The molecule has 6 nitrogen and oxygen atoms in total. The van der Waals surface area contributed by atoms with Crippen LogP contribution >= 0.6 is 15.9 Å². The Hall–Kier alpha value is -2.41. The molecule has 0 spiro atoms. The minimum atomic E-state index is -0.198. The monoisotopic (exact) mass is 373 g/mol.